The number of halogens is 1. The van der Waals surface area contributed by atoms with Crippen LogP contribution in [0.1, 0.15) is 30.2 Å². The zero-order valence-corrected chi connectivity index (χ0v) is 16.2. The molecule has 1 aromatic heterocycles. The van der Waals surface area contributed by atoms with Crippen LogP contribution in [0.25, 0.3) is 0 Å². The number of hydrogen-bond donors (Lipinski definition) is 1. The van der Waals surface area contributed by atoms with E-state index in [1.54, 1.807) is 30.4 Å². The van der Waals surface area contributed by atoms with E-state index in [0.29, 0.717) is 17.8 Å². The fourth-order valence-electron chi connectivity index (χ4n) is 3.35. The molecule has 6 heteroatoms. The van der Waals surface area contributed by atoms with Crippen LogP contribution in [0.5, 0.6) is 0 Å². The number of benzene rings is 1. The Hall–Kier alpha value is -1.92. The number of rotatable bonds is 5. The summed E-state index contributed by atoms with van der Waals surface area (Å²) in [7, 11) is 0. The smallest absolute Gasteiger partial charge is 0.316 e. The summed E-state index contributed by atoms with van der Waals surface area (Å²) in [5.74, 6) is -0.302. The van der Waals surface area contributed by atoms with E-state index in [-0.39, 0.29) is 17.9 Å². The van der Waals surface area contributed by atoms with E-state index in [2.05, 4.69) is 23.2 Å². The van der Waals surface area contributed by atoms with Gasteiger partial charge in [-0.1, -0.05) is 19.1 Å². The molecule has 2 heterocycles. The second-order valence-electron chi connectivity index (χ2n) is 6.77. The molecule has 0 atom stereocenters. The normalized spacial score (nSPS) is 15.8. The largest absolute Gasteiger partial charge is 0.322 e. The van der Waals surface area contributed by atoms with E-state index in [1.165, 1.54) is 6.07 Å². The minimum atomic E-state index is -0.302. The first-order valence-electron chi connectivity index (χ1n) is 9.15. The highest BCUT2D eigenvalue weighted by molar-refractivity contribution is 7.09. The van der Waals surface area contributed by atoms with E-state index in [4.69, 9.17) is 0 Å². The molecule has 0 spiro atoms. The molecule has 3 rings (SSSR count). The van der Waals surface area contributed by atoms with Gasteiger partial charge in [0.15, 0.2) is 0 Å². The summed E-state index contributed by atoms with van der Waals surface area (Å²) < 4.78 is 13.8. The van der Waals surface area contributed by atoms with Gasteiger partial charge in [0.1, 0.15) is 5.82 Å². The molecule has 0 unspecified atom stereocenters. The third-order valence-corrected chi connectivity index (χ3v) is 5.90. The summed E-state index contributed by atoms with van der Waals surface area (Å²) in [5, 5.41) is 4.91. The van der Waals surface area contributed by atoms with Gasteiger partial charge >= 0.3 is 6.03 Å². The molecule has 26 heavy (non-hydrogen) atoms. The van der Waals surface area contributed by atoms with E-state index < -0.39 is 0 Å². The van der Waals surface area contributed by atoms with Gasteiger partial charge in [0, 0.05) is 29.7 Å². The number of urea groups is 1. The first kappa shape index (κ1) is 18.9. The van der Waals surface area contributed by atoms with E-state index in [9.17, 15) is 9.18 Å². The monoisotopic (exact) mass is 375 g/mol. The van der Waals surface area contributed by atoms with Crippen molar-refractivity contribution < 1.29 is 9.18 Å². The first-order chi connectivity index (χ1) is 12.6. The number of piperidine rings is 1. The summed E-state index contributed by atoms with van der Waals surface area (Å²) in [6.07, 6.45) is 1.93. The number of thiophene rings is 1. The SMILES string of the molecule is CCN1CCC(N(Cc2cccs2)C(=O)Nc2ccc(C)c(F)c2)CC1. The number of nitrogens with one attached hydrogen (secondary N) is 1. The Kier molecular flexibility index (Phi) is 6.27. The summed E-state index contributed by atoms with van der Waals surface area (Å²) in [6.45, 7) is 7.54. The number of likely N-dealkylation sites (tertiary alicyclic amines) is 1. The molecule has 0 radical (unpaired) electrons. The molecule has 0 bridgehead atoms. The summed E-state index contributed by atoms with van der Waals surface area (Å²) in [5.41, 5.74) is 1.07. The fourth-order valence-corrected chi connectivity index (χ4v) is 4.05. The van der Waals surface area contributed by atoms with Gasteiger partial charge in [-0.3, -0.25) is 0 Å². The van der Waals surface area contributed by atoms with E-state index in [1.807, 2.05) is 16.3 Å². The number of amides is 2. The molecule has 1 fully saturated rings. The highest BCUT2D eigenvalue weighted by Gasteiger charge is 2.28. The van der Waals surface area contributed by atoms with Crippen molar-refractivity contribution in [3.05, 3.63) is 52.0 Å². The molecule has 0 aliphatic carbocycles. The zero-order chi connectivity index (χ0) is 18.5. The number of carbonyl (C=O) groups excluding carboxylic acids is 1. The van der Waals surface area contributed by atoms with Gasteiger partial charge in [0.2, 0.25) is 0 Å². The third kappa shape index (κ3) is 4.62. The second kappa shape index (κ2) is 8.64. The van der Waals surface area contributed by atoms with Crippen LogP contribution in [0.2, 0.25) is 0 Å². The van der Waals surface area contributed by atoms with E-state index >= 15 is 0 Å². The molecule has 1 aliphatic rings. The second-order valence-corrected chi connectivity index (χ2v) is 7.80. The molecule has 1 aliphatic heterocycles. The van der Waals surface area contributed by atoms with Gasteiger partial charge in [0.25, 0.3) is 0 Å². The Bertz CT molecular complexity index is 727. The van der Waals surface area contributed by atoms with Crippen LogP contribution < -0.4 is 5.32 Å². The first-order valence-corrected chi connectivity index (χ1v) is 10.0. The molecule has 2 aromatic rings. The van der Waals surface area contributed by atoms with Gasteiger partial charge in [-0.25, -0.2) is 9.18 Å². The van der Waals surface area contributed by atoms with Gasteiger partial charge < -0.3 is 15.1 Å². The Morgan fingerprint density at radius 3 is 2.73 bits per heavy atom. The number of anilines is 1. The fraction of sp³-hybridized carbons (Fsp3) is 0.450. The molecule has 1 N–H and O–H groups in total. The molecule has 4 nitrogen and oxygen atoms in total. The van der Waals surface area contributed by atoms with Crippen LogP contribution >= 0.6 is 11.3 Å². The highest BCUT2D eigenvalue weighted by Crippen LogP contribution is 2.23. The number of hydrogen-bond acceptors (Lipinski definition) is 3. The van der Waals surface area contributed by atoms with Crippen molar-refractivity contribution in [1.82, 2.24) is 9.80 Å². The van der Waals surface area contributed by atoms with Crippen molar-refractivity contribution in [3.8, 4) is 0 Å². The molecule has 1 saturated heterocycles. The Morgan fingerprint density at radius 2 is 2.12 bits per heavy atom. The summed E-state index contributed by atoms with van der Waals surface area (Å²) >= 11 is 1.66. The molecule has 140 valence electrons. The zero-order valence-electron chi connectivity index (χ0n) is 15.4. The lowest BCUT2D eigenvalue weighted by Gasteiger charge is -2.38. The minimum absolute atomic E-state index is 0.156. The van der Waals surface area contributed by atoms with Crippen molar-refractivity contribution in [2.75, 3.05) is 25.0 Å². The topological polar surface area (TPSA) is 35.6 Å². The van der Waals surface area contributed by atoms with E-state index in [0.717, 1.165) is 37.4 Å². The van der Waals surface area contributed by atoms with Gasteiger partial charge in [0.05, 0.1) is 6.54 Å². The Morgan fingerprint density at radius 1 is 1.35 bits per heavy atom. The Balaban J connectivity index is 1.73. The standard InChI is InChI=1S/C20H26FN3OS/c1-3-23-10-8-17(9-11-23)24(14-18-5-4-12-26-18)20(25)22-16-7-6-15(2)19(21)13-16/h4-7,12-13,17H,3,8-11,14H2,1-2H3,(H,22,25). The molecular weight excluding hydrogens is 349 g/mol. The molecule has 2 amide bonds. The van der Waals surface area contributed by atoms with Crippen molar-refractivity contribution in [1.29, 1.82) is 0 Å². The van der Waals surface area contributed by atoms with Crippen LogP contribution in [0.3, 0.4) is 0 Å². The number of aryl methyl sites for hydroxylation is 1. The lowest BCUT2D eigenvalue weighted by molar-refractivity contribution is 0.127. The maximum absolute atomic E-state index is 13.8. The third-order valence-electron chi connectivity index (χ3n) is 5.04. The minimum Gasteiger partial charge on any atom is -0.316 e. The maximum atomic E-state index is 13.8. The van der Waals surface area contributed by atoms with Crippen molar-refractivity contribution in [2.45, 2.75) is 39.3 Å². The number of carbonyl (C=O) groups is 1. The van der Waals surface area contributed by atoms with Crippen LogP contribution in [-0.2, 0) is 6.54 Å². The predicted molar refractivity (Wildman–Crippen MR) is 105 cm³/mol. The molecule has 0 saturated carbocycles. The van der Waals surface area contributed by atoms with Crippen molar-refractivity contribution in [2.24, 2.45) is 0 Å². The number of nitrogens with zero attached hydrogens (tertiary/aromatic N) is 2. The summed E-state index contributed by atoms with van der Waals surface area (Å²) in [4.78, 5) is 18.5. The van der Waals surface area contributed by atoms with Gasteiger partial charge in [-0.15, -0.1) is 11.3 Å². The predicted octanol–water partition coefficient (Wildman–Crippen LogP) is 4.71. The highest BCUT2D eigenvalue weighted by atomic mass is 32.1. The Labute approximate surface area is 158 Å². The molecular formula is C20H26FN3OS. The van der Waals surface area contributed by atoms with Crippen LogP contribution in [0.4, 0.5) is 14.9 Å². The van der Waals surface area contributed by atoms with Gasteiger partial charge in [-0.2, -0.15) is 0 Å². The average Bonchev–Trinajstić information content (AvgIpc) is 3.16. The van der Waals surface area contributed by atoms with Crippen LogP contribution in [0.15, 0.2) is 35.7 Å². The van der Waals surface area contributed by atoms with Crippen LogP contribution in [-0.4, -0.2) is 41.5 Å². The lowest BCUT2D eigenvalue weighted by Crippen LogP contribution is -2.48. The average molecular weight is 376 g/mol. The van der Waals surface area contributed by atoms with Crippen LogP contribution in [0, 0.1) is 12.7 Å². The maximum Gasteiger partial charge on any atom is 0.322 e. The summed E-state index contributed by atoms with van der Waals surface area (Å²) in [6, 6.07) is 8.93. The van der Waals surface area contributed by atoms with Crippen molar-refractivity contribution in [3.63, 3.8) is 0 Å². The lowest BCUT2D eigenvalue weighted by atomic mass is 10.0. The van der Waals surface area contributed by atoms with Gasteiger partial charge in [-0.05, 0) is 55.5 Å². The molecule has 1 aromatic carbocycles. The quantitative estimate of drug-likeness (QED) is 0.821. The van der Waals surface area contributed by atoms with Crippen molar-refractivity contribution >= 4 is 23.1 Å².